The van der Waals surface area contributed by atoms with Gasteiger partial charge in [-0.3, -0.25) is 0 Å². The van der Waals surface area contributed by atoms with Crippen molar-refractivity contribution in [1.29, 1.82) is 0 Å². The van der Waals surface area contributed by atoms with E-state index in [9.17, 15) is 0 Å². The van der Waals surface area contributed by atoms with Gasteiger partial charge in [0.1, 0.15) is 5.01 Å². The number of thioether (sulfide) groups is 1. The number of thiazole rings is 1. The molecule has 0 radical (unpaired) electrons. The van der Waals surface area contributed by atoms with E-state index < -0.39 is 0 Å². The van der Waals surface area contributed by atoms with Crippen molar-refractivity contribution in [3.63, 3.8) is 0 Å². The fraction of sp³-hybridized carbons (Fsp3) is 0.769. The molecule has 5 heteroatoms. The van der Waals surface area contributed by atoms with Gasteiger partial charge in [0.15, 0.2) is 0 Å². The molecule has 1 aromatic rings. The molecule has 3 nitrogen and oxygen atoms in total. The van der Waals surface area contributed by atoms with Gasteiger partial charge in [-0.1, -0.05) is 6.92 Å². The van der Waals surface area contributed by atoms with Crippen molar-refractivity contribution in [1.82, 2.24) is 15.6 Å². The molecule has 102 valence electrons. The van der Waals surface area contributed by atoms with Gasteiger partial charge in [0.2, 0.25) is 0 Å². The van der Waals surface area contributed by atoms with Crippen LogP contribution >= 0.6 is 23.1 Å². The Balaban J connectivity index is 1.52. The summed E-state index contributed by atoms with van der Waals surface area (Å²) in [6, 6.07) is 0. The summed E-state index contributed by atoms with van der Waals surface area (Å²) in [4.78, 5) is 5.80. The lowest BCUT2D eigenvalue weighted by Gasteiger charge is -2.21. The van der Waals surface area contributed by atoms with Gasteiger partial charge in [0.05, 0.1) is 0 Å². The maximum absolute atomic E-state index is 4.42. The van der Waals surface area contributed by atoms with Crippen LogP contribution in [0.4, 0.5) is 0 Å². The summed E-state index contributed by atoms with van der Waals surface area (Å²) >= 11 is 3.95. The molecule has 0 aromatic carbocycles. The van der Waals surface area contributed by atoms with Crippen molar-refractivity contribution in [3.8, 4) is 0 Å². The zero-order chi connectivity index (χ0) is 12.6. The molecule has 0 unspecified atom stereocenters. The molecule has 1 fully saturated rings. The average molecular weight is 285 g/mol. The van der Waals surface area contributed by atoms with E-state index in [1.807, 2.05) is 17.5 Å². The summed E-state index contributed by atoms with van der Waals surface area (Å²) in [6.07, 6.45) is 5.77. The molecule has 1 aliphatic rings. The van der Waals surface area contributed by atoms with Gasteiger partial charge in [-0.2, -0.15) is 11.8 Å². The Labute approximate surface area is 118 Å². The van der Waals surface area contributed by atoms with E-state index in [1.54, 1.807) is 0 Å². The van der Waals surface area contributed by atoms with Crippen LogP contribution in [-0.4, -0.2) is 35.6 Å². The highest BCUT2D eigenvalue weighted by molar-refractivity contribution is 7.99. The number of aryl methyl sites for hydroxylation is 1. The van der Waals surface area contributed by atoms with E-state index in [4.69, 9.17) is 0 Å². The second-order valence-corrected chi connectivity index (χ2v) is 7.18. The lowest BCUT2D eigenvalue weighted by atomic mass is 10.2. The molecule has 0 saturated carbocycles. The molecule has 0 atom stereocenters. The Hall–Kier alpha value is -0.100. The smallest absolute Gasteiger partial charge is 0.107 e. The first-order valence-corrected chi connectivity index (χ1v) is 8.71. The second kappa shape index (κ2) is 8.15. The third kappa shape index (κ3) is 4.88. The monoisotopic (exact) mass is 285 g/mol. The summed E-state index contributed by atoms with van der Waals surface area (Å²) in [7, 11) is 0. The predicted molar refractivity (Wildman–Crippen MR) is 81.5 cm³/mol. The van der Waals surface area contributed by atoms with E-state index in [-0.39, 0.29) is 0 Å². The highest BCUT2D eigenvalue weighted by atomic mass is 32.2. The maximum Gasteiger partial charge on any atom is 0.107 e. The van der Waals surface area contributed by atoms with Crippen molar-refractivity contribution in [3.05, 3.63) is 16.1 Å². The molecule has 2 rings (SSSR count). The fourth-order valence-electron chi connectivity index (χ4n) is 2.05. The Morgan fingerprint density at radius 3 is 3.06 bits per heavy atom. The Bertz CT molecular complexity index is 335. The van der Waals surface area contributed by atoms with Crippen LogP contribution < -0.4 is 10.6 Å². The van der Waals surface area contributed by atoms with Crippen LogP contribution in [0.15, 0.2) is 6.20 Å². The van der Waals surface area contributed by atoms with Gasteiger partial charge in [-0.05, 0) is 32.4 Å². The lowest BCUT2D eigenvalue weighted by Crippen LogP contribution is -2.30. The van der Waals surface area contributed by atoms with Crippen molar-refractivity contribution in [2.75, 3.05) is 25.4 Å². The number of piperidine rings is 1. The lowest BCUT2D eigenvalue weighted by molar-refractivity contribution is 0.531. The first-order valence-electron chi connectivity index (χ1n) is 6.85. The largest absolute Gasteiger partial charge is 0.317 e. The van der Waals surface area contributed by atoms with E-state index in [1.165, 1.54) is 41.6 Å². The average Bonchev–Trinajstić information content (AvgIpc) is 2.87. The first-order chi connectivity index (χ1) is 8.88. The van der Waals surface area contributed by atoms with Crippen LogP contribution in [0.25, 0.3) is 0 Å². The molecular weight excluding hydrogens is 262 g/mol. The zero-order valence-corrected chi connectivity index (χ0v) is 12.7. The number of hydrogen-bond acceptors (Lipinski definition) is 5. The standard InChI is InChI=1S/C13H23N3S2/c1-2-11-9-16-13(18-11)10-15-7-8-17-12-3-5-14-6-4-12/h9,12,14-15H,2-8,10H2,1H3. The summed E-state index contributed by atoms with van der Waals surface area (Å²) in [5.74, 6) is 1.22. The second-order valence-electron chi connectivity index (χ2n) is 4.57. The normalized spacial score (nSPS) is 17.2. The minimum Gasteiger partial charge on any atom is -0.317 e. The minimum atomic E-state index is 0.875. The van der Waals surface area contributed by atoms with E-state index in [0.717, 1.165) is 24.8 Å². The number of nitrogens with zero attached hydrogens (tertiary/aromatic N) is 1. The molecule has 1 aromatic heterocycles. The number of aromatic nitrogens is 1. The predicted octanol–water partition coefficient (Wildman–Crippen LogP) is 2.28. The van der Waals surface area contributed by atoms with E-state index in [0.29, 0.717) is 0 Å². The molecule has 2 heterocycles. The summed E-state index contributed by atoms with van der Waals surface area (Å²) < 4.78 is 0. The highest BCUT2D eigenvalue weighted by Crippen LogP contribution is 2.19. The zero-order valence-electron chi connectivity index (χ0n) is 11.1. The van der Waals surface area contributed by atoms with Crippen molar-refractivity contribution < 1.29 is 0 Å². The van der Waals surface area contributed by atoms with Crippen molar-refractivity contribution in [2.24, 2.45) is 0 Å². The minimum absolute atomic E-state index is 0.875. The van der Waals surface area contributed by atoms with Crippen LogP contribution in [0.5, 0.6) is 0 Å². The van der Waals surface area contributed by atoms with Gasteiger partial charge in [0, 0.05) is 35.2 Å². The molecule has 0 bridgehead atoms. The third-order valence-electron chi connectivity index (χ3n) is 3.14. The highest BCUT2D eigenvalue weighted by Gasteiger charge is 2.12. The fourth-order valence-corrected chi connectivity index (χ4v) is 4.04. The maximum atomic E-state index is 4.42. The van der Waals surface area contributed by atoms with Gasteiger partial charge in [-0.25, -0.2) is 4.98 Å². The molecule has 18 heavy (non-hydrogen) atoms. The van der Waals surface area contributed by atoms with Crippen LogP contribution in [0, 0.1) is 0 Å². The van der Waals surface area contributed by atoms with E-state index >= 15 is 0 Å². The van der Waals surface area contributed by atoms with Crippen LogP contribution in [-0.2, 0) is 13.0 Å². The van der Waals surface area contributed by atoms with Gasteiger partial charge >= 0.3 is 0 Å². The van der Waals surface area contributed by atoms with Gasteiger partial charge in [-0.15, -0.1) is 11.3 Å². The molecule has 0 spiro atoms. The number of nitrogens with one attached hydrogen (secondary N) is 2. The van der Waals surface area contributed by atoms with Crippen LogP contribution in [0.1, 0.15) is 29.7 Å². The van der Waals surface area contributed by atoms with Crippen LogP contribution in [0.3, 0.4) is 0 Å². The molecular formula is C13H23N3S2. The number of rotatable bonds is 7. The summed E-state index contributed by atoms with van der Waals surface area (Å²) in [5.41, 5.74) is 0. The topological polar surface area (TPSA) is 37.0 Å². The molecule has 0 aliphatic carbocycles. The van der Waals surface area contributed by atoms with Gasteiger partial charge < -0.3 is 10.6 Å². The summed E-state index contributed by atoms with van der Waals surface area (Å²) in [6.45, 7) is 6.60. The quantitative estimate of drug-likeness (QED) is 0.754. The number of hydrogen-bond donors (Lipinski definition) is 2. The van der Waals surface area contributed by atoms with Crippen molar-refractivity contribution >= 4 is 23.1 Å². The molecule has 1 saturated heterocycles. The molecule has 1 aliphatic heterocycles. The van der Waals surface area contributed by atoms with Crippen LogP contribution in [0.2, 0.25) is 0 Å². The van der Waals surface area contributed by atoms with Gasteiger partial charge in [0.25, 0.3) is 0 Å². The Morgan fingerprint density at radius 1 is 1.50 bits per heavy atom. The first kappa shape index (κ1) is 14.3. The van der Waals surface area contributed by atoms with E-state index in [2.05, 4.69) is 34.3 Å². The third-order valence-corrected chi connectivity index (χ3v) is 5.67. The summed E-state index contributed by atoms with van der Waals surface area (Å²) in [5, 5.41) is 9.00. The SMILES string of the molecule is CCc1cnc(CNCCSC2CCNCC2)s1. The van der Waals surface area contributed by atoms with Crippen molar-refractivity contribution in [2.45, 2.75) is 38.0 Å². The Kier molecular flexibility index (Phi) is 6.48. The Morgan fingerprint density at radius 2 is 2.33 bits per heavy atom. The molecule has 0 amide bonds. The molecule has 2 N–H and O–H groups in total.